The molecule has 0 unspecified atom stereocenters. The van der Waals surface area contributed by atoms with Gasteiger partial charge in [-0.25, -0.2) is 4.98 Å². The number of amides is 1. The van der Waals surface area contributed by atoms with Crippen molar-refractivity contribution in [3.05, 3.63) is 30.6 Å². The van der Waals surface area contributed by atoms with Gasteiger partial charge >= 0.3 is 0 Å². The van der Waals surface area contributed by atoms with Crippen LogP contribution in [0, 0.1) is 0 Å². The summed E-state index contributed by atoms with van der Waals surface area (Å²) < 4.78 is 24.2. The second kappa shape index (κ2) is 9.28. The minimum Gasteiger partial charge on any atom is -0.493 e. The Balaban J connectivity index is 1.47. The Morgan fingerprint density at radius 2 is 1.90 bits per heavy atom. The Labute approximate surface area is 170 Å². The van der Waals surface area contributed by atoms with Crippen LogP contribution < -0.4 is 9.47 Å². The average molecular weight is 401 g/mol. The molecular formula is C21H27N3O5. The van der Waals surface area contributed by atoms with Crippen molar-refractivity contribution >= 4 is 5.91 Å². The molecule has 1 amide bonds. The minimum absolute atomic E-state index is 0.0214. The fraction of sp³-hybridized carbons (Fsp3) is 0.524. The van der Waals surface area contributed by atoms with Crippen LogP contribution in [0.2, 0.25) is 0 Å². The molecule has 0 bridgehead atoms. The van der Waals surface area contributed by atoms with Gasteiger partial charge in [0.15, 0.2) is 18.1 Å². The van der Waals surface area contributed by atoms with Gasteiger partial charge in [-0.2, -0.15) is 0 Å². The molecule has 4 rings (SSSR count). The van der Waals surface area contributed by atoms with Gasteiger partial charge in [-0.3, -0.25) is 4.79 Å². The van der Waals surface area contributed by atoms with Crippen molar-refractivity contribution in [2.24, 2.45) is 0 Å². The summed E-state index contributed by atoms with van der Waals surface area (Å²) in [4.78, 5) is 18.6. The number of carbonyl (C=O) groups excluding carboxylic acids is 1. The highest BCUT2D eigenvalue weighted by Crippen LogP contribution is 2.34. The molecule has 0 spiro atoms. The number of aromatic nitrogens is 2. The molecule has 156 valence electrons. The van der Waals surface area contributed by atoms with Gasteiger partial charge in [-0.05, 0) is 31.0 Å². The van der Waals surface area contributed by atoms with Crippen molar-refractivity contribution in [3.63, 3.8) is 0 Å². The lowest BCUT2D eigenvalue weighted by molar-refractivity contribution is -0.137. The van der Waals surface area contributed by atoms with Crippen molar-refractivity contribution in [1.29, 1.82) is 0 Å². The molecule has 0 atom stereocenters. The first kappa shape index (κ1) is 19.7. The molecule has 8 nitrogen and oxygen atoms in total. The molecule has 1 aromatic heterocycles. The molecule has 8 heteroatoms. The van der Waals surface area contributed by atoms with Gasteiger partial charge in [0.05, 0.1) is 20.3 Å². The number of carbonyl (C=O) groups is 1. The minimum atomic E-state index is -0.0468. The highest BCUT2D eigenvalue weighted by molar-refractivity contribution is 5.78. The SMILES string of the molecule is COc1cc(-c2nccn2C2CCOCC2)ccc1OCC(=O)N1CCOCC1. The first-order chi connectivity index (χ1) is 14.3. The molecule has 29 heavy (non-hydrogen) atoms. The van der Waals surface area contributed by atoms with E-state index in [-0.39, 0.29) is 12.5 Å². The molecule has 0 N–H and O–H groups in total. The number of rotatable bonds is 6. The lowest BCUT2D eigenvalue weighted by atomic mass is 10.1. The molecule has 2 saturated heterocycles. The van der Waals surface area contributed by atoms with E-state index in [2.05, 4.69) is 9.55 Å². The van der Waals surface area contributed by atoms with E-state index in [9.17, 15) is 4.79 Å². The first-order valence-corrected chi connectivity index (χ1v) is 10.0. The Morgan fingerprint density at radius 1 is 1.14 bits per heavy atom. The third kappa shape index (κ3) is 4.54. The zero-order valence-corrected chi connectivity index (χ0v) is 16.7. The molecule has 2 aliphatic heterocycles. The van der Waals surface area contributed by atoms with E-state index in [1.807, 2.05) is 30.6 Å². The molecule has 0 radical (unpaired) electrons. The normalized spacial score (nSPS) is 17.9. The number of ether oxygens (including phenoxy) is 4. The molecular weight excluding hydrogens is 374 g/mol. The first-order valence-electron chi connectivity index (χ1n) is 10.0. The number of nitrogens with zero attached hydrogens (tertiary/aromatic N) is 3. The number of morpholine rings is 1. The van der Waals surface area contributed by atoms with E-state index in [4.69, 9.17) is 18.9 Å². The second-order valence-electron chi connectivity index (χ2n) is 7.15. The van der Waals surface area contributed by atoms with Crippen LogP contribution in [0.3, 0.4) is 0 Å². The number of imidazole rings is 1. The monoisotopic (exact) mass is 401 g/mol. The summed E-state index contributed by atoms with van der Waals surface area (Å²) in [5.74, 6) is 1.97. The zero-order valence-electron chi connectivity index (χ0n) is 16.7. The molecule has 3 heterocycles. The molecule has 2 fully saturated rings. The van der Waals surface area contributed by atoms with Crippen molar-refractivity contribution < 1.29 is 23.7 Å². The molecule has 1 aromatic carbocycles. The van der Waals surface area contributed by atoms with Crippen molar-refractivity contribution in [1.82, 2.24) is 14.5 Å². The largest absolute Gasteiger partial charge is 0.493 e. The topological polar surface area (TPSA) is 75.1 Å². The van der Waals surface area contributed by atoms with Crippen LogP contribution in [0.15, 0.2) is 30.6 Å². The predicted octanol–water partition coefficient (Wildman–Crippen LogP) is 2.15. The van der Waals surface area contributed by atoms with E-state index < -0.39 is 0 Å². The number of hydrogen-bond donors (Lipinski definition) is 0. The van der Waals surface area contributed by atoms with E-state index in [1.165, 1.54) is 0 Å². The number of methoxy groups -OCH3 is 1. The Bertz CT molecular complexity index is 825. The quantitative estimate of drug-likeness (QED) is 0.738. The summed E-state index contributed by atoms with van der Waals surface area (Å²) in [5.41, 5.74) is 0.949. The van der Waals surface area contributed by atoms with Gasteiger partial charge in [0.1, 0.15) is 5.82 Å². The molecule has 0 aliphatic carbocycles. The lowest BCUT2D eigenvalue weighted by Gasteiger charge is -2.27. The summed E-state index contributed by atoms with van der Waals surface area (Å²) in [6.07, 6.45) is 5.79. The highest BCUT2D eigenvalue weighted by Gasteiger charge is 2.21. The molecule has 0 saturated carbocycles. The zero-order chi connectivity index (χ0) is 20.1. The third-order valence-electron chi connectivity index (χ3n) is 5.39. The standard InChI is InChI=1S/C21H27N3O5/c1-26-19-14-16(21-22-6-7-24(21)17-4-10-27-11-5-17)2-3-18(19)29-15-20(25)23-8-12-28-13-9-23/h2-3,6-7,14,17H,4-5,8-13,15H2,1H3. The van der Waals surface area contributed by atoms with E-state index in [0.717, 1.165) is 37.4 Å². The average Bonchev–Trinajstić information content (AvgIpc) is 3.28. The maximum Gasteiger partial charge on any atom is 0.260 e. The van der Waals surface area contributed by atoms with Gasteiger partial charge in [0.25, 0.3) is 5.91 Å². The van der Waals surface area contributed by atoms with Gasteiger partial charge in [0.2, 0.25) is 0 Å². The van der Waals surface area contributed by atoms with Crippen molar-refractivity contribution in [2.75, 3.05) is 53.2 Å². The van der Waals surface area contributed by atoms with Gasteiger partial charge in [0, 0.05) is 50.3 Å². The fourth-order valence-electron chi connectivity index (χ4n) is 3.76. The Kier molecular flexibility index (Phi) is 6.31. The summed E-state index contributed by atoms with van der Waals surface area (Å²) in [6.45, 7) is 3.88. The Morgan fingerprint density at radius 3 is 2.66 bits per heavy atom. The third-order valence-corrected chi connectivity index (χ3v) is 5.39. The second-order valence-corrected chi connectivity index (χ2v) is 7.15. The summed E-state index contributed by atoms with van der Waals surface area (Å²) in [5, 5.41) is 0. The van der Waals surface area contributed by atoms with E-state index >= 15 is 0 Å². The molecule has 2 aliphatic rings. The Hall–Kier alpha value is -2.58. The van der Waals surface area contributed by atoms with Crippen LogP contribution in [0.4, 0.5) is 0 Å². The fourth-order valence-corrected chi connectivity index (χ4v) is 3.76. The maximum absolute atomic E-state index is 12.3. The van der Waals surface area contributed by atoms with Crippen LogP contribution in [-0.2, 0) is 14.3 Å². The van der Waals surface area contributed by atoms with E-state index in [0.29, 0.717) is 43.8 Å². The van der Waals surface area contributed by atoms with E-state index in [1.54, 1.807) is 12.0 Å². The summed E-state index contributed by atoms with van der Waals surface area (Å²) in [6, 6.07) is 6.08. The summed E-state index contributed by atoms with van der Waals surface area (Å²) >= 11 is 0. The number of hydrogen-bond acceptors (Lipinski definition) is 6. The number of benzene rings is 1. The smallest absolute Gasteiger partial charge is 0.260 e. The molecule has 2 aromatic rings. The predicted molar refractivity (Wildman–Crippen MR) is 106 cm³/mol. The highest BCUT2D eigenvalue weighted by atomic mass is 16.5. The van der Waals surface area contributed by atoms with Crippen molar-refractivity contribution in [3.8, 4) is 22.9 Å². The van der Waals surface area contributed by atoms with Gasteiger partial charge in [-0.1, -0.05) is 0 Å². The van der Waals surface area contributed by atoms with Crippen LogP contribution in [-0.4, -0.2) is 73.6 Å². The van der Waals surface area contributed by atoms with Crippen LogP contribution >= 0.6 is 0 Å². The van der Waals surface area contributed by atoms with Crippen LogP contribution in [0.1, 0.15) is 18.9 Å². The van der Waals surface area contributed by atoms with Gasteiger partial charge in [-0.15, -0.1) is 0 Å². The van der Waals surface area contributed by atoms with Crippen LogP contribution in [0.5, 0.6) is 11.5 Å². The summed E-state index contributed by atoms with van der Waals surface area (Å²) in [7, 11) is 1.60. The van der Waals surface area contributed by atoms with Crippen molar-refractivity contribution in [2.45, 2.75) is 18.9 Å². The van der Waals surface area contributed by atoms with Gasteiger partial charge < -0.3 is 28.4 Å². The maximum atomic E-state index is 12.3. The lowest BCUT2D eigenvalue weighted by Crippen LogP contribution is -2.43. The van der Waals surface area contributed by atoms with Crippen LogP contribution in [0.25, 0.3) is 11.4 Å².